The molecule has 0 saturated carbocycles. The molecule has 0 bridgehead atoms. The van der Waals surface area contributed by atoms with Gasteiger partial charge in [-0.15, -0.1) is 5.10 Å². The maximum Gasteiger partial charge on any atom is 0.239 e. The number of aromatic nitrogens is 3. The van der Waals surface area contributed by atoms with Crippen LogP contribution in [0.2, 0.25) is 0 Å². The van der Waals surface area contributed by atoms with Crippen molar-refractivity contribution in [2.75, 3.05) is 26.4 Å². The topological polar surface area (TPSA) is 60.0 Å². The van der Waals surface area contributed by atoms with E-state index < -0.39 is 0 Å². The SMILES string of the molecule is CN(C)CC(C)(C)n1cnc(N)n1. The highest BCUT2D eigenvalue weighted by Crippen LogP contribution is 2.14. The van der Waals surface area contributed by atoms with Crippen molar-refractivity contribution in [3.05, 3.63) is 6.33 Å². The third kappa shape index (κ3) is 2.42. The molecule has 2 N–H and O–H groups in total. The van der Waals surface area contributed by atoms with E-state index in [1.54, 1.807) is 11.0 Å². The first-order chi connectivity index (χ1) is 5.92. The van der Waals surface area contributed by atoms with Crippen molar-refractivity contribution in [1.82, 2.24) is 19.7 Å². The molecular formula is C8H17N5. The van der Waals surface area contributed by atoms with Crippen molar-refractivity contribution in [2.24, 2.45) is 0 Å². The van der Waals surface area contributed by atoms with E-state index in [0.29, 0.717) is 5.95 Å². The fourth-order valence-corrected chi connectivity index (χ4v) is 1.41. The van der Waals surface area contributed by atoms with E-state index in [1.807, 2.05) is 14.1 Å². The molecular weight excluding hydrogens is 166 g/mol. The zero-order chi connectivity index (χ0) is 10.1. The van der Waals surface area contributed by atoms with E-state index in [2.05, 4.69) is 28.8 Å². The first kappa shape index (κ1) is 9.98. The number of nitrogens with zero attached hydrogens (tertiary/aromatic N) is 4. The predicted molar refractivity (Wildman–Crippen MR) is 52.3 cm³/mol. The number of hydrogen-bond acceptors (Lipinski definition) is 4. The van der Waals surface area contributed by atoms with Gasteiger partial charge in [0, 0.05) is 6.54 Å². The summed E-state index contributed by atoms with van der Waals surface area (Å²) in [6.45, 7) is 5.10. The van der Waals surface area contributed by atoms with Gasteiger partial charge in [-0.1, -0.05) is 0 Å². The Hall–Kier alpha value is -1.10. The van der Waals surface area contributed by atoms with Gasteiger partial charge in [0.05, 0.1) is 5.54 Å². The van der Waals surface area contributed by atoms with Crippen LogP contribution in [-0.2, 0) is 5.54 Å². The first-order valence-electron chi connectivity index (χ1n) is 4.24. The second kappa shape index (κ2) is 3.33. The van der Waals surface area contributed by atoms with Gasteiger partial charge >= 0.3 is 0 Å². The molecule has 0 unspecified atom stereocenters. The molecule has 0 spiro atoms. The molecule has 1 heterocycles. The summed E-state index contributed by atoms with van der Waals surface area (Å²) < 4.78 is 1.79. The zero-order valence-electron chi connectivity index (χ0n) is 8.65. The normalized spacial score (nSPS) is 12.4. The summed E-state index contributed by atoms with van der Waals surface area (Å²) in [6, 6.07) is 0. The highest BCUT2D eigenvalue weighted by molar-refractivity contribution is 5.10. The molecule has 0 aliphatic rings. The maximum atomic E-state index is 5.45. The lowest BCUT2D eigenvalue weighted by Crippen LogP contribution is -2.38. The van der Waals surface area contributed by atoms with Gasteiger partial charge in [0.15, 0.2) is 0 Å². The number of nitrogens with two attached hydrogens (primary N) is 1. The minimum absolute atomic E-state index is 0.0753. The monoisotopic (exact) mass is 183 g/mol. The molecule has 0 radical (unpaired) electrons. The minimum Gasteiger partial charge on any atom is -0.367 e. The Kier molecular flexibility index (Phi) is 2.56. The number of rotatable bonds is 3. The second-order valence-electron chi connectivity index (χ2n) is 4.10. The molecule has 1 aromatic heterocycles. The molecule has 0 aliphatic carbocycles. The largest absolute Gasteiger partial charge is 0.367 e. The van der Waals surface area contributed by atoms with Crippen molar-refractivity contribution in [3.63, 3.8) is 0 Å². The second-order valence-corrected chi connectivity index (χ2v) is 4.10. The van der Waals surface area contributed by atoms with E-state index in [-0.39, 0.29) is 5.54 Å². The third-order valence-electron chi connectivity index (χ3n) is 1.83. The minimum atomic E-state index is -0.0753. The van der Waals surface area contributed by atoms with Gasteiger partial charge in [0.1, 0.15) is 6.33 Å². The summed E-state index contributed by atoms with van der Waals surface area (Å²) in [5, 5.41) is 4.09. The van der Waals surface area contributed by atoms with Crippen molar-refractivity contribution in [2.45, 2.75) is 19.4 Å². The van der Waals surface area contributed by atoms with Gasteiger partial charge in [-0.05, 0) is 27.9 Å². The van der Waals surface area contributed by atoms with Crippen molar-refractivity contribution >= 4 is 5.95 Å². The van der Waals surface area contributed by atoms with Crippen LogP contribution in [0, 0.1) is 0 Å². The van der Waals surface area contributed by atoms with E-state index in [1.165, 1.54) is 0 Å². The Morgan fingerprint density at radius 1 is 1.54 bits per heavy atom. The van der Waals surface area contributed by atoms with Crippen molar-refractivity contribution < 1.29 is 0 Å². The van der Waals surface area contributed by atoms with E-state index in [4.69, 9.17) is 5.73 Å². The molecule has 0 saturated heterocycles. The third-order valence-corrected chi connectivity index (χ3v) is 1.83. The summed E-state index contributed by atoms with van der Waals surface area (Å²) in [4.78, 5) is 6.01. The molecule has 0 amide bonds. The molecule has 0 fully saturated rings. The Bertz CT molecular complexity index is 276. The van der Waals surface area contributed by atoms with E-state index in [9.17, 15) is 0 Å². The van der Waals surface area contributed by atoms with Crippen LogP contribution in [0.15, 0.2) is 6.33 Å². The fraction of sp³-hybridized carbons (Fsp3) is 0.750. The quantitative estimate of drug-likeness (QED) is 0.725. The van der Waals surface area contributed by atoms with Crippen LogP contribution in [0.5, 0.6) is 0 Å². The summed E-state index contributed by atoms with van der Waals surface area (Å²) >= 11 is 0. The van der Waals surface area contributed by atoms with Gasteiger partial charge in [-0.3, -0.25) is 0 Å². The molecule has 0 aliphatic heterocycles. The van der Waals surface area contributed by atoms with Crippen LogP contribution >= 0.6 is 0 Å². The lowest BCUT2D eigenvalue weighted by molar-refractivity contribution is 0.223. The standard InChI is InChI=1S/C8H17N5/c1-8(2,5-12(3)4)13-6-10-7(9)11-13/h6H,5H2,1-4H3,(H2,9,11). The fourth-order valence-electron chi connectivity index (χ4n) is 1.41. The summed E-state index contributed by atoms with van der Waals surface area (Å²) in [5.74, 6) is 0.326. The van der Waals surface area contributed by atoms with Gasteiger partial charge in [0.2, 0.25) is 5.95 Å². The lowest BCUT2D eigenvalue weighted by Gasteiger charge is -2.27. The molecule has 0 aromatic carbocycles. The molecule has 1 rings (SSSR count). The van der Waals surface area contributed by atoms with Crippen molar-refractivity contribution in [3.8, 4) is 0 Å². The highest BCUT2D eigenvalue weighted by atomic mass is 15.4. The highest BCUT2D eigenvalue weighted by Gasteiger charge is 2.22. The molecule has 5 heteroatoms. The Labute approximate surface area is 78.5 Å². The van der Waals surface area contributed by atoms with Gasteiger partial charge in [-0.25, -0.2) is 9.67 Å². The average Bonchev–Trinajstić information content (AvgIpc) is 2.32. The number of hydrogen-bond donors (Lipinski definition) is 1. The van der Waals surface area contributed by atoms with Crippen LogP contribution in [0.4, 0.5) is 5.95 Å². The molecule has 5 nitrogen and oxygen atoms in total. The lowest BCUT2D eigenvalue weighted by atomic mass is 10.1. The van der Waals surface area contributed by atoms with E-state index in [0.717, 1.165) is 6.54 Å². The smallest absolute Gasteiger partial charge is 0.239 e. The zero-order valence-corrected chi connectivity index (χ0v) is 8.65. The Morgan fingerprint density at radius 3 is 2.54 bits per heavy atom. The van der Waals surface area contributed by atoms with Crippen molar-refractivity contribution in [1.29, 1.82) is 0 Å². The predicted octanol–water partition coefficient (Wildman–Crippen LogP) is 0.157. The number of likely N-dealkylation sites (N-methyl/N-ethyl adjacent to an activating group) is 1. The number of nitrogen functional groups attached to an aromatic ring is 1. The number of anilines is 1. The van der Waals surface area contributed by atoms with Gasteiger partial charge in [0.25, 0.3) is 0 Å². The van der Waals surface area contributed by atoms with E-state index >= 15 is 0 Å². The average molecular weight is 183 g/mol. The molecule has 0 atom stereocenters. The molecule has 74 valence electrons. The van der Waals surface area contributed by atoms with Crippen LogP contribution < -0.4 is 5.73 Å². The van der Waals surface area contributed by atoms with Crippen LogP contribution in [-0.4, -0.2) is 40.3 Å². The molecule has 13 heavy (non-hydrogen) atoms. The summed E-state index contributed by atoms with van der Waals surface area (Å²) in [5.41, 5.74) is 5.37. The Morgan fingerprint density at radius 2 is 2.15 bits per heavy atom. The van der Waals surface area contributed by atoms with Gasteiger partial charge < -0.3 is 10.6 Å². The summed E-state index contributed by atoms with van der Waals surface area (Å²) in [7, 11) is 4.06. The molecule has 1 aromatic rings. The van der Waals surface area contributed by atoms with Crippen LogP contribution in [0.1, 0.15) is 13.8 Å². The van der Waals surface area contributed by atoms with Crippen LogP contribution in [0.25, 0.3) is 0 Å². The Balaban J connectivity index is 2.80. The van der Waals surface area contributed by atoms with Crippen LogP contribution in [0.3, 0.4) is 0 Å². The first-order valence-corrected chi connectivity index (χ1v) is 4.24. The maximum absolute atomic E-state index is 5.45. The van der Waals surface area contributed by atoms with Gasteiger partial charge in [-0.2, -0.15) is 0 Å². The summed E-state index contributed by atoms with van der Waals surface area (Å²) in [6.07, 6.45) is 1.67.